The van der Waals surface area contributed by atoms with Crippen LogP contribution in [-0.2, 0) is 11.2 Å². The van der Waals surface area contributed by atoms with E-state index in [0.717, 1.165) is 57.4 Å². The van der Waals surface area contributed by atoms with Crippen LogP contribution in [0.15, 0.2) is 75.8 Å². The average Bonchev–Trinajstić information content (AvgIpc) is 3.59. The molecular formula is C35H49N7O. The van der Waals surface area contributed by atoms with Gasteiger partial charge in [-0.25, -0.2) is 5.41 Å². The first kappa shape index (κ1) is 32.1. The molecule has 1 aromatic carbocycles. The summed E-state index contributed by atoms with van der Waals surface area (Å²) in [7, 11) is 0. The summed E-state index contributed by atoms with van der Waals surface area (Å²) in [6, 6.07) is 6.52. The molecule has 43 heavy (non-hydrogen) atoms. The van der Waals surface area contributed by atoms with Crippen molar-refractivity contribution in [1.29, 1.82) is 5.41 Å². The van der Waals surface area contributed by atoms with E-state index >= 15 is 0 Å². The Balaban J connectivity index is 1.52. The monoisotopic (exact) mass is 583 g/mol. The van der Waals surface area contributed by atoms with Gasteiger partial charge in [-0.1, -0.05) is 43.9 Å². The van der Waals surface area contributed by atoms with E-state index in [9.17, 15) is 0 Å². The first-order valence-corrected chi connectivity index (χ1v) is 15.7. The van der Waals surface area contributed by atoms with Gasteiger partial charge in [0.05, 0.1) is 12.1 Å². The molecule has 230 valence electrons. The molecule has 1 unspecified atom stereocenters. The first-order chi connectivity index (χ1) is 20.9. The summed E-state index contributed by atoms with van der Waals surface area (Å²) in [6.45, 7) is 18.9. The zero-order chi connectivity index (χ0) is 30.7. The predicted molar refractivity (Wildman–Crippen MR) is 182 cm³/mol. The van der Waals surface area contributed by atoms with E-state index in [0.29, 0.717) is 19.0 Å². The average molecular weight is 584 g/mol. The number of allylic oxidation sites excluding steroid dienone is 3. The van der Waals surface area contributed by atoms with Gasteiger partial charge in [0.25, 0.3) is 0 Å². The summed E-state index contributed by atoms with van der Waals surface area (Å²) < 4.78 is 6.05. The fraction of sp³-hybridized carbons (Fsp3) is 0.486. The van der Waals surface area contributed by atoms with Gasteiger partial charge in [0, 0.05) is 42.8 Å². The highest BCUT2D eigenvalue weighted by molar-refractivity contribution is 6.04. The largest absolute Gasteiger partial charge is 0.462 e. The fourth-order valence-electron chi connectivity index (χ4n) is 6.60. The minimum Gasteiger partial charge on any atom is -0.462 e. The van der Waals surface area contributed by atoms with E-state index in [1.54, 1.807) is 18.5 Å². The topological polar surface area (TPSA) is 88.7 Å². The molecule has 3 heterocycles. The van der Waals surface area contributed by atoms with E-state index in [-0.39, 0.29) is 17.6 Å². The van der Waals surface area contributed by atoms with Gasteiger partial charge < -0.3 is 15.0 Å². The van der Waals surface area contributed by atoms with E-state index < -0.39 is 0 Å². The molecule has 0 amide bonds. The number of ether oxygens (including phenoxy) is 1. The molecule has 1 atom stereocenters. The number of aryl methyl sites for hydroxylation is 2. The minimum absolute atomic E-state index is 0.0147. The molecule has 3 aliphatic rings. The zero-order valence-electron chi connectivity index (χ0n) is 26.3. The number of hydrogen-bond donors (Lipinski definition) is 2. The smallest absolute Gasteiger partial charge is 0.310 e. The maximum Gasteiger partial charge on any atom is 0.310 e. The van der Waals surface area contributed by atoms with E-state index in [2.05, 4.69) is 89.5 Å². The van der Waals surface area contributed by atoms with E-state index in [1.165, 1.54) is 35.2 Å². The Bertz CT molecular complexity index is 1300. The number of hydrogen-bond acceptors (Lipinski definition) is 6. The van der Waals surface area contributed by atoms with Crippen LogP contribution < -0.4 is 5.32 Å². The van der Waals surface area contributed by atoms with Crippen LogP contribution in [0.25, 0.3) is 5.70 Å². The quantitative estimate of drug-likeness (QED) is 0.181. The van der Waals surface area contributed by atoms with Gasteiger partial charge in [-0.3, -0.25) is 14.9 Å². The molecule has 2 fully saturated rings. The van der Waals surface area contributed by atoms with Gasteiger partial charge >= 0.3 is 6.02 Å². The lowest BCUT2D eigenvalue weighted by atomic mass is 9.95. The Morgan fingerprint density at radius 3 is 2.70 bits per heavy atom. The summed E-state index contributed by atoms with van der Waals surface area (Å²) >= 11 is 0. The van der Waals surface area contributed by atoms with Crippen LogP contribution >= 0.6 is 0 Å². The summed E-state index contributed by atoms with van der Waals surface area (Å²) in [6.07, 6.45) is 17.8. The molecule has 2 saturated heterocycles. The van der Waals surface area contributed by atoms with Gasteiger partial charge in [0.1, 0.15) is 12.4 Å². The van der Waals surface area contributed by atoms with Crippen LogP contribution in [0.3, 0.4) is 0 Å². The van der Waals surface area contributed by atoms with Crippen LogP contribution in [0.2, 0.25) is 0 Å². The number of benzene rings is 1. The maximum absolute atomic E-state index is 8.67. The highest BCUT2D eigenvalue weighted by Gasteiger charge is 2.45. The molecule has 0 aliphatic carbocycles. The third-order valence-electron chi connectivity index (χ3n) is 8.77. The molecule has 0 radical (unpaired) electrons. The Labute approximate surface area is 258 Å². The van der Waals surface area contributed by atoms with Crippen LogP contribution in [0, 0.1) is 12.3 Å². The molecule has 8 heteroatoms. The molecule has 0 saturated carbocycles. The lowest BCUT2D eigenvalue weighted by molar-refractivity contribution is 0.105. The maximum atomic E-state index is 8.67. The molecule has 0 aromatic heterocycles. The lowest BCUT2D eigenvalue weighted by Gasteiger charge is -2.33. The molecule has 3 aliphatic heterocycles. The van der Waals surface area contributed by atoms with E-state index in [1.807, 2.05) is 6.08 Å². The summed E-state index contributed by atoms with van der Waals surface area (Å²) in [5.74, 6) is 0.697. The molecular weight excluding hydrogens is 534 g/mol. The first-order valence-electron chi connectivity index (χ1n) is 15.7. The normalized spacial score (nSPS) is 19.9. The number of nitrogens with one attached hydrogen (secondary N) is 2. The Morgan fingerprint density at radius 2 is 2.02 bits per heavy atom. The minimum atomic E-state index is -0.0330. The van der Waals surface area contributed by atoms with Gasteiger partial charge in [-0.15, -0.1) is 0 Å². The number of aliphatic imine (C=N–C) groups is 3. The molecule has 0 spiro atoms. The zero-order valence-corrected chi connectivity index (χ0v) is 26.3. The Hall–Kier alpha value is -3.78. The van der Waals surface area contributed by atoms with Crippen molar-refractivity contribution in [2.24, 2.45) is 15.0 Å². The van der Waals surface area contributed by atoms with Crippen molar-refractivity contribution >= 4 is 30.5 Å². The third kappa shape index (κ3) is 8.20. The number of amidine groups is 2. The highest BCUT2D eigenvalue weighted by atomic mass is 16.5. The Kier molecular flexibility index (Phi) is 11.7. The number of nitrogens with zero attached hydrogens (tertiary/aromatic N) is 5. The van der Waals surface area contributed by atoms with E-state index in [4.69, 9.17) is 15.1 Å². The van der Waals surface area contributed by atoms with Gasteiger partial charge in [0.15, 0.2) is 0 Å². The molecule has 8 nitrogen and oxygen atoms in total. The second-order valence-electron chi connectivity index (χ2n) is 11.7. The van der Waals surface area contributed by atoms with Crippen LogP contribution in [0.4, 0.5) is 0 Å². The van der Waals surface area contributed by atoms with Crippen molar-refractivity contribution in [2.45, 2.75) is 70.9 Å². The third-order valence-corrected chi connectivity index (χ3v) is 8.77. The summed E-state index contributed by atoms with van der Waals surface area (Å²) in [5, 5.41) is 12.2. The molecule has 4 rings (SSSR count). The summed E-state index contributed by atoms with van der Waals surface area (Å²) in [5.41, 5.74) is 6.28. The van der Waals surface area contributed by atoms with Crippen LogP contribution in [-0.4, -0.2) is 85.5 Å². The second-order valence-corrected chi connectivity index (χ2v) is 11.7. The van der Waals surface area contributed by atoms with Crippen LogP contribution in [0.1, 0.15) is 62.6 Å². The van der Waals surface area contributed by atoms with Crippen LogP contribution in [0.5, 0.6) is 0 Å². The molecule has 0 bridgehead atoms. The van der Waals surface area contributed by atoms with Crippen molar-refractivity contribution < 1.29 is 4.74 Å². The SMILES string of the molecule is C=C/C=C(\c1c(C)cccc1CC)N1CC=C(/C(=N\C(=N)OCC23CCCN2CCC3)NC(C)C/N=C\C=C/N=C)CC1. The van der Waals surface area contributed by atoms with Crippen molar-refractivity contribution in [3.63, 3.8) is 0 Å². The second kappa shape index (κ2) is 15.6. The summed E-state index contributed by atoms with van der Waals surface area (Å²) in [4.78, 5) is 17.9. The highest BCUT2D eigenvalue weighted by Crippen LogP contribution is 2.39. The molecule has 1 aromatic rings. The van der Waals surface area contributed by atoms with Gasteiger partial charge in [-0.05, 0) is 101 Å². The van der Waals surface area contributed by atoms with Crippen molar-refractivity contribution in [3.8, 4) is 0 Å². The number of rotatable bonds is 12. The van der Waals surface area contributed by atoms with Gasteiger partial charge in [0.2, 0.25) is 0 Å². The van der Waals surface area contributed by atoms with Crippen molar-refractivity contribution in [3.05, 3.63) is 77.5 Å². The standard InChI is InChI=1S/C35H49N7O/c1-6-12-31(32-27(3)13-8-14-29(32)7-2)41-23-15-30(16-24-41)33(39-28(4)25-38-20-11-19-37-5)40-34(36)43-26-35-17-9-21-42(35)22-10-18-35/h6,8,11-15,19-20,28H,1,5,7,9-10,16-18,21-26H2,2-4H3,(H2,36,39,40)/b19-11-,31-12+,38-20-. The predicted octanol–water partition coefficient (Wildman–Crippen LogP) is 5.96. The van der Waals surface area contributed by atoms with Gasteiger partial charge in [-0.2, -0.15) is 4.99 Å². The fourth-order valence-corrected chi connectivity index (χ4v) is 6.60. The van der Waals surface area contributed by atoms with Crippen molar-refractivity contribution in [2.75, 3.05) is 39.3 Å². The van der Waals surface area contributed by atoms with Crippen molar-refractivity contribution in [1.82, 2.24) is 15.1 Å². The molecule has 2 N–H and O–H groups in total. The number of fused-ring (bicyclic) bond motifs is 1. The Morgan fingerprint density at radius 1 is 1.23 bits per heavy atom. The lowest BCUT2D eigenvalue weighted by Crippen LogP contribution is -2.43.